The highest BCUT2D eigenvalue weighted by atomic mass is 16.2. The Bertz CT molecular complexity index is 607. The minimum Gasteiger partial charge on any atom is -0.352 e. The van der Waals surface area contributed by atoms with Gasteiger partial charge in [-0.15, -0.1) is 0 Å². The summed E-state index contributed by atoms with van der Waals surface area (Å²) in [5, 5.41) is 7.11. The predicted octanol–water partition coefficient (Wildman–Crippen LogP) is 1.79. The molecule has 0 bridgehead atoms. The Labute approximate surface area is 136 Å². The Balaban J connectivity index is 1.65. The van der Waals surface area contributed by atoms with Gasteiger partial charge in [-0.05, 0) is 38.4 Å². The lowest BCUT2D eigenvalue weighted by atomic mass is 10.1. The second-order valence-electron chi connectivity index (χ2n) is 5.97. The number of nitrogens with zero attached hydrogens (tertiary/aromatic N) is 4. The zero-order valence-electron chi connectivity index (χ0n) is 13.4. The first-order chi connectivity index (χ1) is 11.3. The standard InChI is InChI=1S/C17H23N5O/c1-14(22-13-18-12-20-22)17(23)19-11-16(21-9-5-6-10-21)15-7-3-2-4-8-15/h2-4,7-8,12-14,16H,5-6,9-11H2,1H3,(H,19,23). The molecule has 1 amide bonds. The zero-order chi connectivity index (χ0) is 16.1. The predicted molar refractivity (Wildman–Crippen MR) is 87.7 cm³/mol. The molecule has 1 fully saturated rings. The third-order valence-corrected chi connectivity index (χ3v) is 4.45. The average molecular weight is 313 g/mol. The first-order valence-corrected chi connectivity index (χ1v) is 8.16. The van der Waals surface area contributed by atoms with Gasteiger partial charge in [-0.25, -0.2) is 9.67 Å². The van der Waals surface area contributed by atoms with Gasteiger partial charge in [0, 0.05) is 6.54 Å². The Morgan fingerprint density at radius 1 is 1.26 bits per heavy atom. The number of rotatable bonds is 6. The van der Waals surface area contributed by atoms with Gasteiger partial charge >= 0.3 is 0 Å². The van der Waals surface area contributed by atoms with Crippen molar-refractivity contribution in [3.63, 3.8) is 0 Å². The molecule has 3 rings (SSSR count). The van der Waals surface area contributed by atoms with E-state index >= 15 is 0 Å². The molecule has 0 saturated carbocycles. The molecule has 1 aromatic carbocycles. The van der Waals surface area contributed by atoms with Crippen LogP contribution in [-0.4, -0.2) is 45.2 Å². The van der Waals surface area contributed by atoms with E-state index in [-0.39, 0.29) is 18.0 Å². The fraction of sp³-hybridized carbons (Fsp3) is 0.471. The minimum absolute atomic E-state index is 0.0318. The number of amides is 1. The summed E-state index contributed by atoms with van der Waals surface area (Å²) in [6, 6.07) is 10.3. The largest absolute Gasteiger partial charge is 0.352 e. The summed E-state index contributed by atoms with van der Waals surface area (Å²) >= 11 is 0. The van der Waals surface area contributed by atoms with Crippen LogP contribution in [0.2, 0.25) is 0 Å². The molecular weight excluding hydrogens is 290 g/mol. The summed E-state index contributed by atoms with van der Waals surface area (Å²) in [5.41, 5.74) is 1.25. The van der Waals surface area contributed by atoms with Gasteiger partial charge in [0.2, 0.25) is 5.91 Å². The topological polar surface area (TPSA) is 63.1 Å². The number of hydrogen-bond acceptors (Lipinski definition) is 4. The minimum atomic E-state index is -0.354. The smallest absolute Gasteiger partial charge is 0.244 e. The summed E-state index contributed by atoms with van der Waals surface area (Å²) in [7, 11) is 0. The highest BCUT2D eigenvalue weighted by Crippen LogP contribution is 2.24. The summed E-state index contributed by atoms with van der Waals surface area (Å²) in [4.78, 5) is 18.7. The van der Waals surface area contributed by atoms with Crippen molar-refractivity contribution in [1.29, 1.82) is 0 Å². The summed E-state index contributed by atoms with van der Waals surface area (Å²) < 4.78 is 1.57. The normalized spacial score (nSPS) is 17.8. The Hall–Kier alpha value is -2.21. The van der Waals surface area contributed by atoms with E-state index in [1.165, 1.54) is 24.7 Å². The van der Waals surface area contributed by atoms with Gasteiger partial charge in [-0.3, -0.25) is 9.69 Å². The van der Waals surface area contributed by atoms with Gasteiger partial charge in [-0.2, -0.15) is 5.10 Å². The lowest BCUT2D eigenvalue weighted by molar-refractivity contribution is -0.124. The third-order valence-electron chi connectivity index (χ3n) is 4.45. The van der Waals surface area contributed by atoms with Crippen molar-refractivity contribution in [2.24, 2.45) is 0 Å². The van der Waals surface area contributed by atoms with Crippen molar-refractivity contribution in [3.05, 3.63) is 48.5 Å². The van der Waals surface area contributed by atoms with Crippen molar-refractivity contribution in [3.8, 4) is 0 Å². The highest BCUT2D eigenvalue weighted by Gasteiger charge is 2.25. The van der Waals surface area contributed by atoms with Crippen LogP contribution in [-0.2, 0) is 4.79 Å². The maximum atomic E-state index is 12.4. The van der Waals surface area contributed by atoms with E-state index in [0.717, 1.165) is 13.1 Å². The van der Waals surface area contributed by atoms with E-state index in [1.807, 2.05) is 13.0 Å². The molecule has 0 aliphatic carbocycles. The second-order valence-corrected chi connectivity index (χ2v) is 5.97. The first kappa shape index (κ1) is 15.7. The Morgan fingerprint density at radius 3 is 2.65 bits per heavy atom. The lowest BCUT2D eigenvalue weighted by Crippen LogP contribution is -2.39. The van der Waals surface area contributed by atoms with Gasteiger partial charge in [-0.1, -0.05) is 30.3 Å². The van der Waals surface area contributed by atoms with Crippen LogP contribution in [0, 0.1) is 0 Å². The van der Waals surface area contributed by atoms with Crippen LogP contribution >= 0.6 is 0 Å². The van der Waals surface area contributed by atoms with E-state index in [9.17, 15) is 4.79 Å². The number of likely N-dealkylation sites (tertiary alicyclic amines) is 1. The van der Waals surface area contributed by atoms with Crippen LogP contribution in [0.5, 0.6) is 0 Å². The molecule has 6 nitrogen and oxygen atoms in total. The van der Waals surface area contributed by atoms with Gasteiger partial charge in [0.25, 0.3) is 0 Å². The fourth-order valence-electron chi connectivity index (χ4n) is 3.07. The number of nitrogens with one attached hydrogen (secondary N) is 1. The Kier molecular flexibility index (Phi) is 5.02. The number of benzene rings is 1. The van der Waals surface area contributed by atoms with Crippen molar-refractivity contribution < 1.29 is 4.79 Å². The molecular formula is C17H23N5O. The molecule has 1 N–H and O–H groups in total. The quantitative estimate of drug-likeness (QED) is 0.883. The molecule has 1 aliphatic rings. The summed E-state index contributed by atoms with van der Waals surface area (Å²) in [6.45, 7) is 4.63. The number of hydrogen-bond donors (Lipinski definition) is 1. The molecule has 23 heavy (non-hydrogen) atoms. The molecule has 2 unspecified atom stereocenters. The molecule has 1 aliphatic heterocycles. The SMILES string of the molecule is CC(C(=O)NCC(c1ccccc1)N1CCCC1)n1cncn1. The molecule has 1 saturated heterocycles. The number of aromatic nitrogens is 3. The Morgan fingerprint density at radius 2 is 2.00 bits per heavy atom. The molecule has 2 heterocycles. The molecule has 6 heteroatoms. The van der Waals surface area contributed by atoms with Gasteiger partial charge in [0.1, 0.15) is 18.7 Å². The van der Waals surface area contributed by atoms with Crippen LogP contribution < -0.4 is 5.32 Å². The van der Waals surface area contributed by atoms with Crippen LogP contribution in [0.15, 0.2) is 43.0 Å². The van der Waals surface area contributed by atoms with E-state index in [1.54, 1.807) is 11.0 Å². The molecule has 1 aromatic heterocycles. The first-order valence-electron chi connectivity index (χ1n) is 8.16. The molecule has 0 radical (unpaired) electrons. The maximum absolute atomic E-state index is 12.4. The van der Waals surface area contributed by atoms with Crippen LogP contribution in [0.25, 0.3) is 0 Å². The molecule has 0 spiro atoms. The maximum Gasteiger partial charge on any atom is 0.244 e. The van der Waals surface area contributed by atoms with Gasteiger partial charge in [0.05, 0.1) is 6.04 Å². The van der Waals surface area contributed by atoms with Gasteiger partial charge < -0.3 is 5.32 Å². The van der Waals surface area contributed by atoms with E-state index in [4.69, 9.17) is 0 Å². The number of carbonyl (C=O) groups excluding carboxylic acids is 1. The highest BCUT2D eigenvalue weighted by molar-refractivity contribution is 5.79. The van der Waals surface area contributed by atoms with Crippen LogP contribution in [0.4, 0.5) is 0 Å². The van der Waals surface area contributed by atoms with Gasteiger partial charge in [0.15, 0.2) is 0 Å². The molecule has 2 atom stereocenters. The average Bonchev–Trinajstić information content (AvgIpc) is 3.29. The van der Waals surface area contributed by atoms with Crippen LogP contribution in [0.3, 0.4) is 0 Å². The van der Waals surface area contributed by atoms with Crippen molar-refractivity contribution in [2.75, 3.05) is 19.6 Å². The molecule has 2 aromatic rings. The van der Waals surface area contributed by atoms with Crippen molar-refractivity contribution >= 4 is 5.91 Å². The third kappa shape index (κ3) is 3.76. The van der Waals surface area contributed by atoms with Crippen molar-refractivity contribution in [1.82, 2.24) is 25.0 Å². The van der Waals surface area contributed by atoms with E-state index < -0.39 is 0 Å². The lowest BCUT2D eigenvalue weighted by Gasteiger charge is -2.28. The fourth-order valence-corrected chi connectivity index (χ4v) is 3.07. The van der Waals surface area contributed by atoms with E-state index in [2.05, 4.69) is 44.6 Å². The molecule has 122 valence electrons. The second kappa shape index (κ2) is 7.37. The summed E-state index contributed by atoms with van der Waals surface area (Å²) in [5.74, 6) is -0.0318. The number of carbonyl (C=O) groups is 1. The zero-order valence-corrected chi connectivity index (χ0v) is 13.4. The van der Waals surface area contributed by atoms with E-state index in [0.29, 0.717) is 6.54 Å². The van der Waals surface area contributed by atoms with Crippen molar-refractivity contribution in [2.45, 2.75) is 31.8 Å². The summed E-state index contributed by atoms with van der Waals surface area (Å²) in [6.07, 6.45) is 5.47. The van der Waals surface area contributed by atoms with Crippen LogP contribution in [0.1, 0.15) is 37.4 Å². The monoisotopic (exact) mass is 313 g/mol.